The van der Waals surface area contributed by atoms with Gasteiger partial charge in [-0.25, -0.2) is 17.9 Å². The number of sulfonamides is 1. The largest absolute Gasteiger partial charge is 0.438 e. The Morgan fingerprint density at radius 1 is 1.16 bits per heavy atom. The van der Waals surface area contributed by atoms with Gasteiger partial charge >= 0.3 is 0 Å². The van der Waals surface area contributed by atoms with Crippen LogP contribution in [0.25, 0.3) is 0 Å². The number of nitrogens with one attached hydrogen (secondary N) is 1. The van der Waals surface area contributed by atoms with Crippen molar-refractivity contribution in [2.24, 2.45) is 5.14 Å². The third-order valence-electron chi connectivity index (χ3n) is 4.69. The van der Waals surface area contributed by atoms with E-state index in [1.165, 1.54) is 18.2 Å². The third kappa shape index (κ3) is 3.74. The molecular formula is C17H19FN2O4S. The summed E-state index contributed by atoms with van der Waals surface area (Å²) in [5, 5.41) is 7.31. The molecule has 1 fully saturated rings. The molecule has 1 aromatic heterocycles. The first-order valence-corrected chi connectivity index (χ1v) is 9.52. The molecule has 134 valence electrons. The second-order valence-electron chi connectivity index (χ2n) is 6.34. The minimum atomic E-state index is -3.99. The van der Waals surface area contributed by atoms with Gasteiger partial charge in [-0.15, -0.1) is 0 Å². The Hall–Kier alpha value is -2.19. The number of nitrogens with two attached hydrogens (primary N) is 1. The average Bonchev–Trinajstić information content (AvgIpc) is 3.23. The van der Waals surface area contributed by atoms with Crippen molar-refractivity contribution in [2.75, 3.05) is 6.54 Å². The molecule has 0 atom stereocenters. The number of hydrogen-bond donors (Lipinski definition) is 2. The van der Waals surface area contributed by atoms with Crippen LogP contribution in [-0.2, 0) is 15.4 Å². The van der Waals surface area contributed by atoms with Gasteiger partial charge in [0.1, 0.15) is 5.82 Å². The van der Waals surface area contributed by atoms with E-state index in [0.717, 1.165) is 37.3 Å². The molecule has 3 rings (SSSR count). The molecule has 0 saturated heterocycles. The minimum Gasteiger partial charge on any atom is -0.438 e. The van der Waals surface area contributed by atoms with Gasteiger partial charge in [-0.05, 0) is 42.7 Å². The van der Waals surface area contributed by atoms with Crippen LogP contribution in [0.4, 0.5) is 4.39 Å². The van der Waals surface area contributed by atoms with Gasteiger partial charge < -0.3 is 9.73 Å². The Balaban J connectivity index is 1.75. The SMILES string of the molecule is NS(=O)(=O)c1ccc(C(=O)NCC2(c3ccc(F)cc3)CCCC2)o1. The monoisotopic (exact) mass is 366 g/mol. The molecule has 1 amide bonds. The van der Waals surface area contributed by atoms with Crippen LogP contribution >= 0.6 is 0 Å². The highest BCUT2D eigenvalue weighted by atomic mass is 32.2. The Bertz CT molecular complexity index is 868. The lowest BCUT2D eigenvalue weighted by Gasteiger charge is -2.29. The second kappa shape index (κ2) is 6.61. The number of furan rings is 1. The molecule has 3 N–H and O–H groups in total. The lowest BCUT2D eigenvalue weighted by molar-refractivity contribution is 0.0910. The molecule has 0 radical (unpaired) electrons. The highest BCUT2D eigenvalue weighted by Gasteiger charge is 2.36. The molecule has 0 spiro atoms. The van der Waals surface area contributed by atoms with Gasteiger partial charge in [-0.3, -0.25) is 4.79 Å². The van der Waals surface area contributed by atoms with Crippen LogP contribution < -0.4 is 10.5 Å². The van der Waals surface area contributed by atoms with Crippen LogP contribution in [0.5, 0.6) is 0 Å². The normalized spacial score (nSPS) is 16.7. The van der Waals surface area contributed by atoms with Crippen LogP contribution in [0.3, 0.4) is 0 Å². The fourth-order valence-corrected chi connectivity index (χ4v) is 3.82. The van der Waals surface area contributed by atoms with Gasteiger partial charge in [0, 0.05) is 12.0 Å². The van der Waals surface area contributed by atoms with E-state index in [1.807, 2.05) is 0 Å². The first-order valence-electron chi connectivity index (χ1n) is 7.97. The van der Waals surface area contributed by atoms with Crippen LogP contribution in [0.15, 0.2) is 45.9 Å². The van der Waals surface area contributed by atoms with Gasteiger partial charge in [-0.1, -0.05) is 25.0 Å². The first-order chi connectivity index (χ1) is 11.8. The molecule has 1 heterocycles. The zero-order valence-corrected chi connectivity index (χ0v) is 14.3. The summed E-state index contributed by atoms with van der Waals surface area (Å²) in [6.45, 7) is 0.364. The number of carbonyl (C=O) groups excluding carboxylic acids is 1. The number of primary sulfonamides is 1. The highest BCUT2D eigenvalue weighted by molar-refractivity contribution is 7.89. The lowest BCUT2D eigenvalue weighted by Crippen LogP contribution is -2.39. The summed E-state index contributed by atoms with van der Waals surface area (Å²) in [7, 11) is -3.99. The maximum atomic E-state index is 13.2. The van der Waals surface area contributed by atoms with Gasteiger partial charge in [0.15, 0.2) is 5.76 Å². The van der Waals surface area contributed by atoms with Crippen molar-refractivity contribution in [2.45, 2.75) is 36.2 Å². The summed E-state index contributed by atoms with van der Waals surface area (Å²) in [4.78, 5) is 12.3. The molecule has 1 aliphatic carbocycles. The summed E-state index contributed by atoms with van der Waals surface area (Å²) in [5.41, 5.74) is 0.731. The van der Waals surface area contributed by atoms with Crippen LogP contribution in [0, 0.1) is 5.82 Å². The summed E-state index contributed by atoms with van der Waals surface area (Å²) in [6.07, 6.45) is 3.84. The number of benzene rings is 1. The summed E-state index contributed by atoms with van der Waals surface area (Å²) >= 11 is 0. The van der Waals surface area contributed by atoms with E-state index in [0.29, 0.717) is 6.54 Å². The lowest BCUT2D eigenvalue weighted by atomic mass is 9.79. The number of halogens is 1. The van der Waals surface area contributed by atoms with E-state index in [2.05, 4.69) is 5.32 Å². The van der Waals surface area contributed by atoms with Crippen molar-refractivity contribution in [1.82, 2.24) is 5.32 Å². The van der Waals surface area contributed by atoms with E-state index < -0.39 is 21.0 Å². The fraction of sp³-hybridized carbons (Fsp3) is 0.353. The van der Waals surface area contributed by atoms with Gasteiger partial charge in [0.2, 0.25) is 5.09 Å². The van der Waals surface area contributed by atoms with E-state index in [-0.39, 0.29) is 17.0 Å². The molecule has 0 bridgehead atoms. The van der Waals surface area contributed by atoms with Crippen molar-refractivity contribution in [1.29, 1.82) is 0 Å². The zero-order chi connectivity index (χ0) is 18.1. The summed E-state index contributed by atoms with van der Waals surface area (Å²) in [5.74, 6) is -0.924. The summed E-state index contributed by atoms with van der Waals surface area (Å²) in [6, 6.07) is 8.76. The molecule has 1 saturated carbocycles. The maximum absolute atomic E-state index is 13.2. The highest BCUT2D eigenvalue weighted by Crippen LogP contribution is 2.40. The molecule has 0 aliphatic heterocycles. The van der Waals surface area contributed by atoms with Crippen molar-refractivity contribution < 1.29 is 22.0 Å². The van der Waals surface area contributed by atoms with E-state index >= 15 is 0 Å². The van der Waals surface area contributed by atoms with Crippen molar-refractivity contribution in [3.63, 3.8) is 0 Å². The van der Waals surface area contributed by atoms with E-state index in [4.69, 9.17) is 9.56 Å². The standard InChI is InChI=1S/C17H19FN2O4S/c18-13-5-3-12(4-6-13)17(9-1-2-10-17)11-20-16(21)14-7-8-15(24-14)25(19,22)23/h3-8H,1-2,9-11H2,(H,20,21)(H2,19,22,23). The maximum Gasteiger partial charge on any atom is 0.287 e. The van der Waals surface area contributed by atoms with Crippen LogP contribution in [0.1, 0.15) is 41.8 Å². The van der Waals surface area contributed by atoms with Crippen LogP contribution in [0.2, 0.25) is 0 Å². The van der Waals surface area contributed by atoms with Crippen LogP contribution in [-0.4, -0.2) is 20.9 Å². The van der Waals surface area contributed by atoms with E-state index in [9.17, 15) is 17.6 Å². The van der Waals surface area contributed by atoms with Crippen molar-refractivity contribution >= 4 is 15.9 Å². The van der Waals surface area contributed by atoms with Crippen molar-refractivity contribution in [3.8, 4) is 0 Å². The molecule has 1 aliphatic rings. The molecule has 1 aromatic carbocycles. The Morgan fingerprint density at radius 3 is 2.36 bits per heavy atom. The Morgan fingerprint density at radius 2 is 1.80 bits per heavy atom. The fourth-order valence-electron chi connectivity index (χ4n) is 3.35. The molecule has 25 heavy (non-hydrogen) atoms. The molecule has 0 unspecified atom stereocenters. The quantitative estimate of drug-likeness (QED) is 0.847. The molecule has 2 aromatic rings. The summed E-state index contributed by atoms with van der Waals surface area (Å²) < 4.78 is 40.6. The predicted octanol–water partition coefficient (Wildman–Crippen LogP) is 2.31. The molecular weight excluding hydrogens is 347 g/mol. The van der Waals surface area contributed by atoms with Crippen molar-refractivity contribution in [3.05, 3.63) is 53.5 Å². The average molecular weight is 366 g/mol. The number of hydrogen-bond acceptors (Lipinski definition) is 4. The number of carbonyl (C=O) groups is 1. The predicted molar refractivity (Wildman–Crippen MR) is 89.0 cm³/mol. The first kappa shape index (κ1) is 17.6. The smallest absolute Gasteiger partial charge is 0.287 e. The van der Waals surface area contributed by atoms with Gasteiger partial charge in [0.05, 0.1) is 0 Å². The zero-order valence-electron chi connectivity index (χ0n) is 13.5. The Kier molecular flexibility index (Phi) is 4.66. The van der Waals surface area contributed by atoms with E-state index in [1.54, 1.807) is 12.1 Å². The Labute approximate surface area is 145 Å². The molecule has 8 heteroatoms. The number of rotatable bonds is 5. The second-order valence-corrected chi connectivity index (χ2v) is 7.83. The van der Waals surface area contributed by atoms with Gasteiger partial charge in [-0.2, -0.15) is 0 Å². The number of amides is 1. The topological polar surface area (TPSA) is 102 Å². The van der Waals surface area contributed by atoms with Gasteiger partial charge in [0.25, 0.3) is 15.9 Å². The molecule has 6 nitrogen and oxygen atoms in total. The third-order valence-corrected chi connectivity index (χ3v) is 5.47. The minimum absolute atomic E-state index is 0.115.